The molecule has 1 aromatic heterocycles. The van der Waals surface area contributed by atoms with E-state index < -0.39 is 10.0 Å². The molecule has 1 aliphatic heterocycles. The van der Waals surface area contributed by atoms with E-state index in [-0.39, 0.29) is 0 Å². The number of nitrogens with zero attached hydrogens (tertiary/aromatic N) is 3. The fraction of sp³-hybridized carbons (Fsp3) is 0.526. The smallest absolute Gasteiger partial charge is 0.243 e. The van der Waals surface area contributed by atoms with Crippen molar-refractivity contribution in [1.29, 1.82) is 0 Å². The van der Waals surface area contributed by atoms with Crippen LogP contribution in [-0.2, 0) is 23.0 Å². The maximum absolute atomic E-state index is 12.9. The van der Waals surface area contributed by atoms with Crippen molar-refractivity contribution in [3.8, 4) is 0 Å². The summed E-state index contributed by atoms with van der Waals surface area (Å²) in [7, 11) is -3.42. The second-order valence-electron chi connectivity index (χ2n) is 6.88. The van der Waals surface area contributed by atoms with Gasteiger partial charge in [0.05, 0.1) is 10.6 Å². The minimum Gasteiger partial charge on any atom is -0.361 e. The number of piperazine rings is 1. The highest BCUT2D eigenvalue weighted by Crippen LogP contribution is 2.21. The zero-order valence-corrected chi connectivity index (χ0v) is 16.6. The van der Waals surface area contributed by atoms with E-state index in [1.165, 1.54) is 5.56 Å². The van der Waals surface area contributed by atoms with Gasteiger partial charge in [0, 0.05) is 38.3 Å². The molecule has 0 radical (unpaired) electrons. The molecule has 0 N–H and O–H groups in total. The molecule has 7 heteroatoms. The van der Waals surface area contributed by atoms with E-state index in [4.69, 9.17) is 4.52 Å². The lowest BCUT2D eigenvalue weighted by molar-refractivity contribution is 0.180. The van der Waals surface area contributed by atoms with Gasteiger partial charge in [-0.05, 0) is 38.0 Å². The predicted octanol–water partition coefficient (Wildman–Crippen LogP) is 2.75. The third-order valence-corrected chi connectivity index (χ3v) is 6.91. The second-order valence-corrected chi connectivity index (χ2v) is 8.81. The standard InChI is InChI=1S/C19H27N3O3S/c1-4-5-17-6-8-18(9-7-17)26(23,24)22-12-10-21(11-13-22)14-19-15(2)20-25-16(19)3/h6-9H,4-5,10-14H2,1-3H3. The number of aryl methyl sites for hydroxylation is 3. The van der Waals surface area contributed by atoms with Gasteiger partial charge in [-0.1, -0.05) is 30.6 Å². The van der Waals surface area contributed by atoms with Gasteiger partial charge < -0.3 is 4.52 Å². The molecule has 0 atom stereocenters. The molecular formula is C19H27N3O3S. The summed E-state index contributed by atoms with van der Waals surface area (Å²) in [4.78, 5) is 2.64. The number of aromatic nitrogens is 1. The van der Waals surface area contributed by atoms with Crippen molar-refractivity contribution in [3.63, 3.8) is 0 Å². The minimum atomic E-state index is -3.42. The first-order chi connectivity index (χ1) is 12.4. The molecule has 0 unspecified atom stereocenters. The molecule has 1 saturated heterocycles. The average molecular weight is 378 g/mol. The second kappa shape index (κ2) is 7.90. The van der Waals surface area contributed by atoms with Crippen LogP contribution in [0.4, 0.5) is 0 Å². The van der Waals surface area contributed by atoms with E-state index in [0.29, 0.717) is 31.1 Å². The number of benzene rings is 1. The van der Waals surface area contributed by atoms with Crippen LogP contribution in [0.3, 0.4) is 0 Å². The van der Waals surface area contributed by atoms with Crippen molar-refractivity contribution in [1.82, 2.24) is 14.4 Å². The summed E-state index contributed by atoms with van der Waals surface area (Å²) in [5.74, 6) is 0.838. The van der Waals surface area contributed by atoms with E-state index in [1.54, 1.807) is 16.4 Å². The van der Waals surface area contributed by atoms with Gasteiger partial charge in [0.25, 0.3) is 0 Å². The summed E-state index contributed by atoms with van der Waals surface area (Å²) in [5.41, 5.74) is 3.19. The predicted molar refractivity (Wildman–Crippen MR) is 100 cm³/mol. The van der Waals surface area contributed by atoms with Crippen LogP contribution >= 0.6 is 0 Å². The molecule has 3 rings (SSSR count). The highest BCUT2D eigenvalue weighted by atomic mass is 32.2. The maximum atomic E-state index is 12.9. The van der Waals surface area contributed by atoms with Crippen LogP contribution in [0.2, 0.25) is 0 Å². The Hall–Kier alpha value is -1.70. The van der Waals surface area contributed by atoms with Crippen LogP contribution in [0, 0.1) is 13.8 Å². The Morgan fingerprint density at radius 3 is 2.27 bits per heavy atom. The van der Waals surface area contributed by atoms with Crippen molar-refractivity contribution >= 4 is 10.0 Å². The fourth-order valence-electron chi connectivity index (χ4n) is 3.35. The topological polar surface area (TPSA) is 66.7 Å². The Kier molecular flexibility index (Phi) is 5.79. The summed E-state index contributed by atoms with van der Waals surface area (Å²) in [6, 6.07) is 7.31. The van der Waals surface area contributed by atoms with Crippen LogP contribution < -0.4 is 0 Å². The summed E-state index contributed by atoms with van der Waals surface area (Å²) in [6.45, 7) is 9.14. The first kappa shape index (κ1) is 19.1. The molecule has 0 amide bonds. The van der Waals surface area contributed by atoms with Crippen molar-refractivity contribution < 1.29 is 12.9 Å². The van der Waals surface area contributed by atoms with Gasteiger partial charge in [0.15, 0.2) is 0 Å². The van der Waals surface area contributed by atoms with Crippen LogP contribution in [0.25, 0.3) is 0 Å². The van der Waals surface area contributed by atoms with E-state index >= 15 is 0 Å². The Bertz CT molecular complexity index is 816. The summed E-state index contributed by atoms with van der Waals surface area (Å²) >= 11 is 0. The largest absolute Gasteiger partial charge is 0.361 e. The third kappa shape index (κ3) is 4.00. The lowest BCUT2D eigenvalue weighted by Crippen LogP contribution is -2.48. The Morgan fingerprint density at radius 2 is 1.73 bits per heavy atom. The summed E-state index contributed by atoms with van der Waals surface area (Å²) in [5, 5.41) is 3.99. The molecular weight excluding hydrogens is 350 g/mol. The summed E-state index contributed by atoms with van der Waals surface area (Å²) < 4.78 is 32.5. The van der Waals surface area contributed by atoms with Crippen LogP contribution in [0.1, 0.15) is 35.9 Å². The number of sulfonamides is 1. The minimum absolute atomic E-state index is 0.386. The number of hydrogen-bond acceptors (Lipinski definition) is 5. The van der Waals surface area contributed by atoms with Gasteiger partial charge in [0.2, 0.25) is 10.0 Å². The Morgan fingerprint density at radius 1 is 1.08 bits per heavy atom. The molecule has 0 bridgehead atoms. The SMILES string of the molecule is CCCc1ccc(S(=O)(=O)N2CCN(Cc3c(C)noc3C)CC2)cc1. The van der Waals surface area contributed by atoms with Crippen molar-refractivity contribution in [2.45, 2.75) is 45.1 Å². The first-order valence-corrected chi connectivity index (χ1v) is 10.6. The van der Waals surface area contributed by atoms with Crippen LogP contribution in [0.15, 0.2) is 33.7 Å². The van der Waals surface area contributed by atoms with Gasteiger partial charge >= 0.3 is 0 Å². The molecule has 6 nitrogen and oxygen atoms in total. The normalized spacial score (nSPS) is 16.9. The van der Waals surface area contributed by atoms with Crippen molar-refractivity contribution in [2.75, 3.05) is 26.2 Å². The lowest BCUT2D eigenvalue weighted by Gasteiger charge is -2.33. The zero-order chi connectivity index (χ0) is 18.7. The Balaban J connectivity index is 1.63. The third-order valence-electron chi connectivity index (χ3n) is 4.99. The van der Waals surface area contributed by atoms with Gasteiger partial charge in [-0.15, -0.1) is 0 Å². The first-order valence-electron chi connectivity index (χ1n) is 9.15. The molecule has 0 saturated carbocycles. The van der Waals surface area contributed by atoms with E-state index in [1.807, 2.05) is 26.0 Å². The molecule has 0 aliphatic carbocycles. The van der Waals surface area contributed by atoms with Gasteiger partial charge in [-0.2, -0.15) is 4.31 Å². The van der Waals surface area contributed by atoms with Crippen LogP contribution in [0.5, 0.6) is 0 Å². The van der Waals surface area contributed by atoms with Crippen LogP contribution in [-0.4, -0.2) is 49.0 Å². The van der Waals surface area contributed by atoms with Gasteiger partial charge in [0.1, 0.15) is 5.76 Å². The lowest BCUT2D eigenvalue weighted by atomic mass is 10.1. The zero-order valence-electron chi connectivity index (χ0n) is 15.7. The molecule has 0 spiro atoms. The monoisotopic (exact) mass is 377 g/mol. The highest BCUT2D eigenvalue weighted by Gasteiger charge is 2.29. The maximum Gasteiger partial charge on any atom is 0.243 e. The molecule has 26 heavy (non-hydrogen) atoms. The number of hydrogen-bond donors (Lipinski definition) is 0. The van der Waals surface area contributed by atoms with Crippen molar-refractivity contribution in [3.05, 3.63) is 46.8 Å². The Labute approximate surface area is 155 Å². The quantitative estimate of drug-likeness (QED) is 0.774. The van der Waals surface area contributed by atoms with E-state index in [0.717, 1.165) is 36.4 Å². The molecule has 1 aliphatic rings. The van der Waals surface area contributed by atoms with Gasteiger partial charge in [-0.3, -0.25) is 4.90 Å². The molecule has 1 aromatic carbocycles. The molecule has 1 fully saturated rings. The highest BCUT2D eigenvalue weighted by molar-refractivity contribution is 7.89. The van der Waals surface area contributed by atoms with Crippen molar-refractivity contribution in [2.24, 2.45) is 0 Å². The fourth-order valence-corrected chi connectivity index (χ4v) is 4.77. The van der Waals surface area contributed by atoms with E-state index in [2.05, 4.69) is 17.0 Å². The molecule has 2 aromatic rings. The molecule has 2 heterocycles. The van der Waals surface area contributed by atoms with E-state index in [9.17, 15) is 8.42 Å². The average Bonchev–Trinajstić information content (AvgIpc) is 2.95. The number of rotatable bonds is 6. The summed E-state index contributed by atoms with van der Waals surface area (Å²) in [6.07, 6.45) is 2.03. The molecule has 142 valence electrons. The van der Waals surface area contributed by atoms with Gasteiger partial charge in [-0.25, -0.2) is 8.42 Å².